The lowest BCUT2D eigenvalue weighted by Crippen LogP contribution is -1.92. The van der Waals surface area contributed by atoms with Gasteiger partial charge in [0.1, 0.15) is 0 Å². The second-order valence-electron chi connectivity index (χ2n) is 5.06. The number of rotatable bonds is 7. The molecule has 0 amide bonds. The van der Waals surface area contributed by atoms with Crippen molar-refractivity contribution in [1.82, 2.24) is 0 Å². The number of hydrogen-bond acceptors (Lipinski definition) is 0. The van der Waals surface area contributed by atoms with Crippen LogP contribution in [-0.4, -0.2) is 5.33 Å². The fourth-order valence-corrected chi connectivity index (χ4v) is 3.11. The third-order valence-electron chi connectivity index (χ3n) is 3.51. The van der Waals surface area contributed by atoms with Gasteiger partial charge in [-0.3, -0.25) is 0 Å². The van der Waals surface area contributed by atoms with Crippen molar-refractivity contribution in [2.24, 2.45) is 0 Å². The second-order valence-corrected chi connectivity index (χ2v) is 6.41. The van der Waals surface area contributed by atoms with Gasteiger partial charge >= 0.3 is 0 Å². The molecular formula is C18H20Br2. The standard InChI is InChI=1S/C18H20Br2/c19-13-12-17-6-4-15(5-7-17)2-1-3-16-8-10-18(14-20)11-9-16/h4-11H,1-3,12-14H2. The molecule has 0 aliphatic rings. The average molecular weight is 396 g/mol. The average Bonchev–Trinajstić information content (AvgIpc) is 2.50. The maximum atomic E-state index is 3.48. The summed E-state index contributed by atoms with van der Waals surface area (Å²) in [6, 6.07) is 17.9. The maximum Gasteiger partial charge on any atom is 0.0283 e. The van der Waals surface area contributed by atoms with Crippen LogP contribution in [0, 0.1) is 0 Å². The predicted octanol–water partition coefficient (Wildman–Crippen LogP) is 5.69. The Morgan fingerprint density at radius 1 is 0.550 bits per heavy atom. The number of alkyl halides is 2. The Morgan fingerprint density at radius 3 is 1.35 bits per heavy atom. The van der Waals surface area contributed by atoms with Gasteiger partial charge in [-0.05, 0) is 47.9 Å². The SMILES string of the molecule is BrCCc1ccc(CCCc2ccc(CBr)cc2)cc1. The summed E-state index contributed by atoms with van der Waals surface area (Å²) in [5.41, 5.74) is 5.64. The van der Waals surface area contributed by atoms with Crippen LogP contribution in [0.5, 0.6) is 0 Å². The van der Waals surface area contributed by atoms with Gasteiger partial charge in [0.15, 0.2) is 0 Å². The lowest BCUT2D eigenvalue weighted by Gasteiger charge is -2.05. The van der Waals surface area contributed by atoms with Crippen LogP contribution in [0.4, 0.5) is 0 Å². The van der Waals surface area contributed by atoms with Crippen molar-refractivity contribution in [3.63, 3.8) is 0 Å². The smallest absolute Gasteiger partial charge is 0.0283 e. The van der Waals surface area contributed by atoms with Gasteiger partial charge < -0.3 is 0 Å². The molecule has 0 aliphatic heterocycles. The zero-order chi connectivity index (χ0) is 14.2. The molecule has 0 saturated carbocycles. The van der Waals surface area contributed by atoms with Crippen LogP contribution in [0.2, 0.25) is 0 Å². The minimum Gasteiger partial charge on any atom is -0.0924 e. The second kappa shape index (κ2) is 8.63. The molecule has 0 atom stereocenters. The van der Waals surface area contributed by atoms with Gasteiger partial charge in [-0.25, -0.2) is 0 Å². The van der Waals surface area contributed by atoms with Crippen molar-refractivity contribution < 1.29 is 0 Å². The van der Waals surface area contributed by atoms with Crippen molar-refractivity contribution in [1.29, 1.82) is 0 Å². The van der Waals surface area contributed by atoms with Gasteiger partial charge in [0.25, 0.3) is 0 Å². The van der Waals surface area contributed by atoms with Crippen molar-refractivity contribution in [2.45, 2.75) is 31.0 Å². The summed E-state index contributed by atoms with van der Waals surface area (Å²) in [7, 11) is 0. The van der Waals surface area contributed by atoms with E-state index in [4.69, 9.17) is 0 Å². The van der Waals surface area contributed by atoms with E-state index in [0.717, 1.165) is 29.9 Å². The predicted molar refractivity (Wildman–Crippen MR) is 95.0 cm³/mol. The molecule has 2 rings (SSSR count). The van der Waals surface area contributed by atoms with Crippen molar-refractivity contribution in [3.05, 3.63) is 70.8 Å². The number of benzene rings is 2. The summed E-state index contributed by atoms with van der Waals surface area (Å²) in [6.45, 7) is 0. The Kier molecular flexibility index (Phi) is 6.81. The van der Waals surface area contributed by atoms with Crippen LogP contribution >= 0.6 is 31.9 Å². The summed E-state index contributed by atoms with van der Waals surface area (Å²) < 4.78 is 0. The van der Waals surface area contributed by atoms with E-state index >= 15 is 0 Å². The van der Waals surface area contributed by atoms with E-state index in [9.17, 15) is 0 Å². The van der Waals surface area contributed by atoms with Gasteiger partial charge in [-0.2, -0.15) is 0 Å². The normalized spacial score (nSPS) is 10.7. The Balaban J connectivity index is 1.79. The molecule has 0 unspecified atom stereocenters. The Bertz CT molecular complexity index is 500. The van der Waals surface area contributed by atoms with Gasteiger partial charge in [-0.1, -0.05) is 80.4 Å². The summed E-state index contributed by atoms with van der Waals surface area (Å²) >= 11 is 6.96. The van der Waals surface area contributed by atoms with Crippen molar-refractivity contribution in [3.8, 4) is 0 Å². The highest BCUT2D eigenvalue weighted by molar-refractivity contribution is 9.09. The lowest BCUT2D eigenvalue weighted by atomic mass is 10.0. The molecular weight excluding hydrogens is 376 g/mol. The zero-order valence-corrected chi connectivity index (χ0v) is 14.8. The zero-order valence-electron chi connectivity index (χ0n) is 11.6. The Hall–Kier alpha value is -0.600. The van der Waals surface area contributed by atoms with Crippen LogP contribution < -0.4 is 0 Å². The number of aryl methyl sites for hydroxylation is 3. The molecule has 0 aliphatic carbocycles. The summed E-state index contributed by atoms with van der Waals surface area (Å²) in [4.78, 5) is 0. The molecule has 0 radical (unpaired) electrons. The maximum absolute atomic E-state index is 3.48. The lowest BCUT2D eigenvalue weighted by molar-refractivity contribution is 0.820. The fourth-order valence-electron chi connectivity index (χ4n) is 2.27. The number of hydrogen-bond donors (Lipinski definition) is 0. The quantitative estimate of drug-likeness (QED) is 0.528. The first-order chi connectivity index (χ1) is 9.81. The molecule has 0 aromatic heterocycles. The summed E-state index contributed by atoms with van der Waals surface area (Å²) in [5.74, 6) is 0. The molecule has 0 bridgehead atoms. The molecule has 0 nitrogen and oxygen atoms in total. The van der Waals surface area contributed by atoms with Gasteiger partial charge in [0.2, 0.25) is 0 Å². The first-order valence-electron chi connectivity index (χ1n) is 7.09. The van der Waals surface area contributed by atoms with E-state index in [1.807, 2.05) is 0 Å². The first-order valence-corrected chi connectivity index (χ1v) is 9.33. The van der Waals surface area contributed by atoms with E-state index < -0.39 is 0 Å². The molecule has 0 N–H and O–H groups in total. The highest BCUT2D eigenvalue weighted by Crippen LogP contribution is 2.12. The van der Waals surface area contributed by atoms with E-state index in [0.29, 0.717) is 0 Å². The topological polar surface area (TPSA) is 0 Å². The van der Waals surface area contributed by atoms with Crippen LogP contribution in [-0.2, 0) is 24.6 Å². The van der Waals surface area contributed by atoms with Crippen molar-refractivity contribution in [2.75, 3.05) is 5.33 Å². The van der Waals surface area contributed by atoms with Gasteiger partial charge in [0, 0.05) is 10.7 Å². The van der Waals surface area contributed by atoms with E-state index in [-0.39, 0.29) is 0 Å². The third-order valence-corrected chi connectivity index (χ3v) is 4.56. The van der Waals surface area contributed by atoms with E-state index in [1.54, 1.807) is 0 Å². The minimum atomic E-state index is 0.939. The van der Waals surface area contributed by atoms with Crippen LogP contribution in [0.3, 0.4) is 0 Å². The van der Waals surface area contributed by atoms with Gasteiger partial charge in [-0.15, -0.1) is 0 Å². The van der Waals surface area contributed by atoms with Crippen molar-refractivity contribution >= 4 is 31.9 Å². The van der Waals surface area contributed by atoms with Crippen LogP contribution in [0.15, 0.2) is 48.5 Å². The number of halogens is 2. The summed E-state index contributed by atoms with van der Waals surface area (Å²) in [6.07, 6.45) is 4.64. The van der Waals surface area contributed by atoms with Crippen LogP contribution in [0.1, 0.15) is 28.7 Å². The minimum absolute atomic E-state index is 0.939. The molecule has 0 fully saturated rings. The van der Waals surface area contributed by atoms with Crippen LogP contribution in [0.25, 0.3) is 0 Å². The fraction of sp³-hybridized carbons (Fsp3) is 0.333. The molecule has 0 heterocycles. The molecule has 0 spiro atoms. The monoisotopic (exact) mass is 394 g/mol. The largest absolute Gasteiger partial charge is 0.0924 e. The molecule has 20 heavy (non-hydrogen) atoms. The molecule has 2 heteroatoms. The summed E-state index contributed by atoms with van der Waals surface area (Å²) in [5, 5.41) is 1.98. The molecule has 106 valence electrons. The van der Waals surface area contributed by atoms with Gasteiger partial charge in [0.05, 0.1) is 0 Å². The molecule has 2 aromatic rings. The van der Waals surface area contributed by atoms with E-state index in [1.165, 1.54) is 28.7 Å². The third kappa shape index (κ3) is 5.06. The molecule has 0 saturated heterocycles. The Labute approximate surface area is 138 Å². The highest BCUT2D eigenvalue weighted by atomic mass is 79.9. The molecule has 2 aromatic carbocycles. The first kappa shape index (κ1) is 15.8. The van der Waals surface area contributed by atoms with E-state index in [2.05, 4.69) is 80.4 Å². The highest BCUT2D eigenvalue weighted by Gasteiger charge is 1.98. The Morgan fingerprint density at radius 2 is 0.950 bits per heavy atom.